The number of ketones is 1. The minimum absolute atomic E-state index is 0.0240. The van der Waals surface area contributed by atoms with Crippen molar-refractivity contribution in [3.63, 3.8) is 0 Å². The van der Waals surface area contributed by atoms with Gasteiger partial charge in [0.05, 0.1) is 36.0 Å². The van der Waals surface area contributed by atoms with Crippen LogP contribution in [0.4, 0.5) is 4.79 Å². The van der Waals surface area contributed by atoms with Crippen molar-refractivity contribution in [2.24, 2.45) is 17.8 Å². The minimum atomic E-state index is -1.17. The largest absolute Gasteiger partial charge is 0.458 e. The Labute approximate surface area is 319 Å². The van der Waals surface area contributed by atoms with Gasteiger partial charge in [-0.05, 0) is 91.2 Å². The number of carbonyl (C=O) groups excluding carboxylic acids is 3. The maximum absolute atomic E-state index is 14.4. The van der Waals surface area contributed by atoms with Gasteiger partial charge in [-0.1, -0.05) is 51.1 Å². The first-order chi connectivity index (χ1) is 25.6. The van der Waals surface area contributed by atoms with Crippen molar-refractivity contribution in [1.29, 1.82) is 0 Å². The van der Waals surface area contributed by atoms with Gasteiger partial charge < -0.3 is 44.3 Å². The van der Waals surface area contributed by atoms with Gasteiger partial charge in [-0.2, -0.15) is 0 Å². The molecule has 0 saturated carbocycles. The molecule has 0 spiro atoms. The Morgan fingerprint density at radius 3 is 2.56 bits per heavy atom. The topological polar surface area (TPSA) is 158 Å². The summed E-state index contributed by atoms with van der Waals surface area (Å²) in [5.74, 6) is -3.20. The average molecular weight is 753 g/mol. The van der Waals surface area contributed by atoms with E-state index in [4.69, 9.17) is 23.7 Å². The number of nitrogens with zero attached hydrogens (tertiary/aromatic N) is 2. The number of fused-ring (bicyclic) bond motifs is 2. The van der Waals surface area contributed by atoms with Crippen LogP contribution in [0, 0.1) is 17.8 Å². The number of para-hydroxylation sites is 1. The van der Waals surface area contributed by atoms with Gasteiger partial charge in [0.1, 0.15) is 18.1 Å². The Morgan fingerprint density at radius 2 is 1.83 bits per heavy atom. The third kappa shape index (κ3) is 9.66. The molecule has 1 aromatic heterocycles. The molecule has 1 amide bonds. The lowest BCUT2D eigenvalue weighted by Crippen LogP contribution is -2.59. The third-order valence-corrected chi connectivity index (χ3v) is 11.3. The van der Waals surface area contributed by atoms with E-state index in [9.17, 15) is 19.5 Å². The Bertz CT molecular complexity index is 1640. The van der Waals surface area contributed by atoms with Crippen molar-refractivity contribution in [3.8, 4) is 0 Å². The lowest BCUT2D eigenvalue weighted by molar-refractivity contribution is -0.296. The molecule has 4 heterocycles. The number of aliphatic hydroxyl groups excluding tert-OH is 1. The molecule has 2 unspecified atom stereocenters. The Balaban J connectivity index is 1.50. The number of benzene rings is 1. The maximum Gasteiger partial charge on any atom is 0.408 e. The van der Waals surface area contributed by atoms with Crippen molar-refractivity contribution in [1.82, 2.24) is 20.5 Å². The van der Waals surface area contributed by atoms with Crippen LogP contribution in [0.3, 0.4) is 0 Å². The first-order valence-electron chi connectivity index (χ1n) is 19.4. The number of carbonyl (C=O) groups is 3. The summed E-state index contributed by atoms with van der Waals surface area (Å²) in [6.45, 7) is 13.7. The van der Waals surface area contributed by atoms with Crippen LogP contribution >= 0.6 is 0 Å². The molecule has 13 atom stereocenters. The smallest absolute Gasteiger partial charge is 0.408 e. The van der Waals surface area contributed by atoms with Crippen molar-refractivity contribution >= 4 is 34.8 Å². The number of alkyl carbamates (subject to hydrolysis) is 1. The van der Waals surface area contributed by atoms with Crippen molar-refractivity contribution in [2.45, 2.75) is 128 Å². The summed E-state index contributed by atoms with van der Waals surface area (Å²) in [5, 5.41) is 19.0. The van der Waals surface area contributed by atoms with E-state index in [-0.39, 0.29) is 30.7 Å². The summed E-state index contributed by atoms with van der Waals surface area (Å²) < 4.78 is 31.4. The summed E-state index contributed by atoms with van der Waals surface area (Å²) in [7, 11) is 3.81. The van der Waals surface area contributed by atoms with Gasteiger partial charge in [0.25, 0.3) is 0 Å². The molecule has 54 heavy (non-hydrogen) atoms. The maximum atomic E-state index is 14.4. The van der Waals surface area contributed by atoms with Gasteiger partial charge in [-0.25, -0.2) is 4.79 Å². The lowest BCUT2D eigenvalue weighted by atomic mass is 9.78. The van der Waals surface area contributed by atoms with Crippen LogP contribution in [-0.4, -0.2) is 121 Å². The van der Waals surface area contributed by atoms with Crippen LogP contribution < -0.4 is 10.6 Å². The van der Waals surface area contributed by atoms with E-state index in [0.717, 1.165) is 16.5 Å². The third-order valence-electron chi connectivity index (χ3n) is 11.3. The van der Waals surface area contributed by atoms with E-state index in [1.807, 2.05) is 89.3 Å². The number of aromatic nitrogens is 1. The van der Waals surface area contributed by atoms with E-state index in [1.165, 1.54) is 6.92 Å². The van der Waals surface area contributed by atoms with E-state index in [2.05, 4.69) is 28.6 Å². The monoisotopic (exact) mass is 752 g/mol. The Kier molecular flexibility index (Phi) is 13.9. The molecule has 1 aromatic carbocycles. The molecule has 298 valence electrons. The zero-order chi connectivity index (χ0) is 39.3. The number of esters is 1. The number of aliphatic hydroxyl groups is 1. The quantitative estimate of drug-likeness (QED) is 0.257. The number of likely N-dealkylation sites (N-methyl/N-ethyl adjacent to an activating group) is 1. The fraction of sp³-hybridized carbons (Fsp3) is 0.659. The molecular formula is C41H60N4O9. The SMILES string of the molecule is CC[C@H]1OC(=O)[C@H](C)C(=O)[C@H](C)[C@@H](O[C@@H]2O[C@H](C)CC(N(C)C)C2O)[C@](C)(OC/C=C/c2cnc3ccccc3c2)C[C@@H](C)CN[C@H](C)[C@H]2NC(=O)O[C@@H]21. The van der Waals surface area contributed by atoms with Gasteiger partial charge in [-0.15, -0.1) is 0 Å². The minimum Gasteiger partial charge on any atom is -0.458 e. The fourth-order valence-corrected chi connectivity index (χ4v) is 8.19. The first-order valence-corrected chi connectivity index (χ1v) is 19.4. The Hall–Kier alpha value is -3.46. The number of hydrogen-bond donors (Lipinski definition) is 3. The number of cyclic esters (lactones) is 1. The van der Waals surface area contributed by atoms with E-state index in [1.54, 1.807) is 6.92 Å². The number of rotatable bonds is 8. The van der Waals surface area contributed by atoms with E-state index in [0.29, 0.717) is 25.8 Å². The molecule has 3 N–H and O–H groups in total. The number of hydrogen-bond acceptors (Lipinski definition) is 12. The summed E-state index contributed by atoms with van der Waals surface area (Å²) in [4.78, 5) is 47.1. The first kappa shape index (κ1) is 41.7. The van der Waals surface area contributed by atoms with Crippen molar-refractivity contribution < 1.29 is 43.2 Å². The normalized spacial score (nSPS) is 37.4. The summed E-state index contributed by atoms with van der Waals surface area (Å²) in [5.41, 5.74) is 0.698. The molecule has 3 aliphatic rings. The van der Waals surface area contributed by atoms with Crippen LogP contribution in [0.2, 0.25) is 0 Å². The number of pyridine rings is 1. The summed E-state index contributed by atoms with van der Waals surface area (Å²) in [6.07, 6.45) is 1.75. The number of amides is 1. The molecule has 3 saturated heterocycles. The highest BCUT2D eigenvalue weighted by Crippen LogP contribution is 2.37. The molecule has 3 fully saturated rings. The van der Waals surface area contributed by atoms with Gasteiger partial charge >= 0.3 is 12.1 Å². The Morgan fingerprint density at radius 1 is 1.09 bits per heavy atom. The molecule has 0 bridgehead atoms. The molecule has 2 aromatic rings. The van der Waals surface area contributed by atoms with Gasteiger partial charge in [0.15, 0.2) is 18.2 Å². The van der Waals surface area contributed by atoms with E-state index >= 15 is 0 Å². The van der Waals surface area contributed by atoms with Crippen LogP contribution in [0.25, 0.3) is 17.0 Å². The lowest BCUT2D eigenvalue weighted by Gasteiger charge is -2.47. The van der Waals surface area contributed by atoms with Crippen molar-refractivity contribution in [3.05, 3.63) is 48.2 Å². The van der Waals surface area contributed by atoms with Crippen LogP contribution in [0.15, 0.2) is 42.6 Å². The molecular weight excluding hydrogens is 692 g/mol. The van der Waals surface area contributed by atoms with Gasteiger partial charge in [-0.3, -0.25) is 14.6 Å². The summed E-state index contributed by atoms with van der Waals surface area (Å²) >= 11 is 0. The molecule has 0 aliphatic carbocycles. The zero-order valence-corrected chi connectivity index (χ0v) is 33.2. The average Bonchev–Trinajstić information content (AvgIpc) is 3.54. The van der Waals surface area contributed by atoms with Crippen LogP contribution in [0.1, 0.15) is 73.3 Å². The van der Waals surface area contributed by atoms with Crippen LogP contribution in [-0.2, 0) is 33.3 Å². The highest BCUT2D eigenvalue weighted by atomic mass is 16.7. The molecule has 13 nitrogen and oxygen atoms in total. The van der Waals surface area contributed by atoms with Crippen LogP contribution in [0.5, 0.6) is 0 Å². The second-order valence-electron chi connectivity index (χ2n) is 16.0. The standard InChI is InChI=1S/C41H60N4O9/c1-10-32-36-33(44-40(49)53-36)27(6)42-21-23(2)20-41(7,50-17-13-14-28-19-29-15-11-12-16-30(29)43-22-28)37(25(4)34(46)26(5)38(48)52-32)54-39-35(47)31(45(8)9)18-24(3)51-39/h11-16,19,22-27,31-33,35-37,39,42,47H,10,17-18,20-21H2,1-9H3,(H,44,49)/b14-13+/t23-,24-,25+,26-,27-,31?,32-,33-,35?,36-,37-,39+,41-/m1/s1. The van der Waals surface area contributed by atoms with E-state index < -0.39 is 72.0 Å². The predicted molar refractivity (Wildman–Crippen MR) is 204 cm³/mol. The zero-order valence-electron chi connectivity index (χ0n) is 33.2. The number of Topliss-reactive ketones (excluding diaryl/α,β-unsaturated/α-hetero) is 1. The van der Waals surface area contributed by atoms with Gasteiger partial charge in [0.2, 0.25) is 0 Å². The molecule has 0 radical (unpaired) electrons. The highest BCUT2D eigenvalue weighted by molar-refractivity contribution is 6.00. The fourth-order valence-electron chi connectivity index (χ4n) is 8.19. The highest BCUT2D eigenvalue weighted by Gasteiger charge is 2.50. The molecule has 13 heteroatoms. The molecule has 3 aliphatic heterocycles. The second-order valence-corrected chi connectivity index (χ2v) is 16.0. The molecule has 5 rings (SSSR count). The van der Waals surface area contributed by atoms with Crippen molar-refractivity contribution in [2.75, 3.05) is 27.2 Å². The second kappa shape index (κ2) is 18.0. The summed E-state index contributed by atoms with van der Waals surface area (Å²) in [6, 6.07) is 9.01. The predicted octanol–water partition coefficient (Wildman–Crippen LogP) is 4.49. The van der Waals surface area contributed by atoms with Gasteiger partial charge in [0, 0.05) is 29.6 Å². The number of nitrogens with one attached hydrogen (secondary N) is 2. The number of ether oxygens (including phenoxy) is 5.